The van der Waals surface area contributed by atoms with Gasteiger partial charge in [0.1, 0.15) is 0 Å². The number of carbonyl (C=O) groups is 1. The first kappa shape index (κ1) is 7.94. The van der Waals surface area contributed by atoms with Crippen molar-refractivity contribution in [3.05, 3.63) is 23.2 Å². The van der Waals surface area contributed by atoms with E-state index in [2.05, 4.69) is 15.3 Å². The van der Waals surface area contributed by atoms with Gasteiger partial charge in [0.05, 0.1) is 5.02 Å². The van der Waals surface area contributed by atoms with E-state index in [1.54, 1.807) is 0 Å². The van der Waals surface area contributed by atoms with Crippen LogP contribution in [0.1, 0.15) is 10.6 Å². The molecule has 0 aromatic carbocycles. The van der Waals surface area contributed by atoms with E-state index in [-0.39, 0.29) is 11.7 Å². The molecule has 1 amide bonds. The molecule has 11 heavy (non-hydrogen) atoms. The Kier molecular flexibility index (Phi) is 2.38. The summed E-state index contributed by atoms with van der Waals surface area (Å²) in [5.41, 5.74) is 0. The number of nitrogens with one attached hydrogen (secondary N) is 1. The first-order chi connectivity index (χ1) is 5.24. The number of hydrogen-bond acceptors (Lipinski definition) is 3. The molecule has 0 atom stereocenters. The molecule has 0 saturated heterocycles. The molecule has 0 saturated carbocycles. The monoisotopic (exact) mass is 171 g/mol. The topological polar surface area (TPSA) is 54.9 Å². The van der Waals surface area contributed by atoms with Crippen LogP contribution in [0.15, 0.2) is 12.4 Å². The van der Waals surface area contributed by atoms with Crippen molar-refractivity contribution < 1.29 is 4.79 Å². The summed E-state index contributed by atoms with van der Waals surface area (Å²) in [6, 6.07) is 0. The molecule has 5 heteroatoms. The summed E-state index contributed by atoms with van der Waals surface area (Å²) < 4.78 is 0. The second-order valence-electron chi connectivity index (χ2n) is 1.80. The van der Waals surface area contributed by atoms with Gasteiger partial charge in [-0.25, -0.2) is 9.97 Å². The Hall–Kier alpha value is -1.16. The lowest BCUT2D eigenvalue weighted by Gasteiger charge is -1.95. The van der Waals surface area contributed by atoms with Crippen molar-refractivity contribution in [3.8, 4) is 0 Å². The zero-order valence-corrected chi connectivity index (χ0v) is 6.59. The van der Waals surface area contributed by atoms with E-state index in [0.717, 1.165) is 0 Å². The minimum Gasteiger partial charge on any atom is -0.352 e. The molecule has 1 aromatic heterocycles. The maximum Gasteiger partial charge on any atom is 0.288 e. The van der Waals surface area contributed by atoms with E-state index in [9.17, 15) is 4.79 Å². The molecule has 0 bridgehead atoms. The first-order valence-corrected chi connectivity index (χ1v) is 3.31. The standard InChI is InChI=1S/C6H6ClN3O/c1-8-6(11)5-9-2-4(7)3-10-5/h2-3H,1H3,(H,8,11). The van der Waals surface area contributed by atoms with Crippen LogP contribution >= 0.6 is 11.6 Å². The second-order valence-corrected chi connectivity index (χ2v) is 2.24. The van der Waals surface area contributed by atoms with Gasteiger partial charge in [0, 0.05) is 19.4 Å². The van der Waals surface area contributed by atoms with Gasteiger partial charge in [0.25, 0.3) is 5.91 Å². The molecule has 0 spiro atoms. The third kappa shape index (κ3) is 1.88. The van der Waals surface area contributed by atoms with Crippen LogP contribution < -0.4 is 5.32 Å². The Morgan fingerprint density at radius 3 is 2.55 bits per heavy atom. The van der Waals surface area contributed by atoms with Crippen LogP contribution in [0.25, 0.3) is 0 Å². The molecule has 0 fully saturated rings. The third-order valence-corrected chi connectivity index (χ3v) is 1.25. The van der Waals surface area contributed by atoms with Gasteiger partial charge in [0.15, 0.2) is 0 Å². The fourth-order valence-corrected chi connectivity index (χ4v) is 0.639. The lowest BCUT2D eigenvalue weighted by Crippen LogP contribution is -2.20. The van der Waals surface area contributed by atoms with Crippen molar-refractivity contribution in [2.75, 3.05) is 7.05 Å². The van der Waals surface area contributed by atoms with Gasteiger partial charge in [-0.1, -0.05) is 11.6 Å². The van der Waals surface area contributed by atoms with Crippen molar-refractivity contribution >= 4 is 17.5 Å². The summed E-state index contributed by atoms with van der Waals surface area (Å²) in [6.45, 7) is 0. The predicted molar refractivity (Wildman–Crippen MR) is 40.4 cm³/mol. The zero-order chi connectivity index (χ0) is 8.27. The Balaban J connectivity index is 2.90. The van der Waals surface area contributed by atoms with Crippen LogP contribution in [0, 0.1) is 0 Å². The molecular weight excluding hydrogens is 166 g/mol. The molecule has 0 aliphatic carbocycles. The van der Waals surface area contributed by atoms with Crippen molar-refractivity contribution in [2.45, 2.75) is 0 Å². The average molecular weight is 172 g/mol. The summed E-state index contributed by atoms with van der Waals surface area (Å²) in [6.07, 6.45) is 2.75. The number of halogens is 1. The fourth-order valence-electron chi connectivity index (χ4n) is 0.541. The fraction of sp³-hybridized carbons (Fsp3) is 0.167. The minimum atomic E-state index is -0.318. The van der Waals surface area contributed by atoms with Gasteiger partial charge in [-0.2, -0.15) is 0 Å². The molecule has 4 nitrogen and oxygen atoms in total. The van der Waals surface area contributed by atoms with Gasteiger partial charge in [-0.3, -0.25) is 4.79 Å². The number of hydrogen-bond donors (Lipinski definition) is 1. The van der Waals surface area contributed by atoms with Crippen LogP contribution in [-0.4, -0.2) is 22.9 Å². The molecular formula is C6H6ClN3O. The first-order valence-electron chi connectivity index (χ1n) is 2.93. The molecule has 1 rings (SSSR count). The van der Waals surface area contributed by atoms with E-state index >= 15 is 0 Å². The largest absolute Gasteiger partial charge is 0.352 e. The van der Waals surface area contributed by atoms with Crippen molar-refractivity contribution in [1.82, 2.24) is 15.3 Å². The minimum absolute atomic E-state index is 0.122. The molecule has 0 aliphatic heterocycles. The highest BCUT2D eigenvalue weighted by molar-refractivity contribution is 6.30. The molecule has 0 unspecified atom stereocenters. The maximum absolute atomic E-state index is 10.8. The van der Waals surface area contributed by atoms with Gasteiger partial charge >= 0.3 is 0 Å². The van der Waals surface area contributed by atoms with Crippen molar-refractivity contribution in [2.24, 2.45) is 0 Å². The van der Waals surface area contributed by atoms with Crippen LogP contribution in [0.5, 0.6) is 0 Å². The Morgan fingerprint density at radius 2 is 2.09 bits per heavy atom. The smallest absolute Gasteiger partial charge is 0.288 e. The summed E-state index contributed by atoms with van der Waals surface area (Å²) >= 11 is 5.50. The molecule has 1 heterocycles. The molecule has 1 aromatic rings. The molecule has 0 radical (unpaired) electrons. The normalized spacial score (nSPS) is 9.27. The Bertz CT molecular complexity index is 259. The van der Waals surface area contributed by atoms with Crippen LogP contribution in [0.2, 0.25) is 5.02 Å². The lowest BCUT2D eigenvalue weighted by atomic mass is 10.5. The number of rotatable bonds is 1. The molecule has 58 valence electrons. The van der Waals surface area contributed by atoms with Crippen LogP contribution in [0.3, 0.4) is 0 Å². The number of nitrogens with zero attached hydrogens (tertiary/aromatic N) is 2. The van der Waals surface area contributed by atoms with Gasteiger partial charge in [0.2, 0.25) is 5.82 Å². The Morgan fingerprint density at radius 1 is 1.55 bits per heavy atom. The van der Waals surface area contributed by atoms with E-state index in [0.29, 0.717) is 5.02 Å². The second kappa shape index (κ2) is 3.30. The summed E-state index contributed by atoms with van der Waals surface area (Å²) in [7, 11) is 1.51. The zero-order valence-electron chi connectivity index (χ0n) is 5.84. The summed E-state index contributed by atoms with van der Waals surface area (Å²) in [4.78, 5) is 18.2. The number of aromatic nitrogens is 2. The van der Waals surface area contributed by atoms with E-state index in [1.807, 2.05) is 0 Å². The van der Waals surface area contributed by atoms with E-state index < -0.39 is 0 Å². The van der Waals surface area contributed by atoms with E-state index in [1.165, 1.54) is 19.4 Å². The predicted octanol–water partition coefficient (Wildman–Crippen LogP) is 0.490. The SMILES string of the molecule is CNC(=O)c1ncc(Cl)cn1. The van der Waals surface area contributed by atoms with Gasteiger partial charge < -0.3 is 5.32 Å². The van der Waals surface area contributed by atoms with Crippen LogP contribution in [0.4, 0.5) is 0 Å². The summed E-state index contributed by atoms with van der Waals surface area (Å²) in [5.74, 6) is -0.196. The van der Waals surface area contributed by atoms with Crippen molar-refractivity contribution in [1.29, 1.82) is 0 Å². The molecule has 1 N–H and O–H groups in total. The van der Waals surface area contributed by atoms with E-state index in [4.69, 9.17) is 11.6 Å². The van der Waals surface area contributed by atoms with Crippen LogP contribution in [-0.2, 0) is 0 Å². The summed E-state index contributed by atoms with van der Waals surface area (Å²) in [5, 5.41) is 2.81. The van der Waals surface area contributed by atoms with Crippen molar-refractivity contribution in [3.63, 3.8) is 0 Å². The average Bonchev–Trinajstić information content (AvgIpc) is 2.05. The highest BCUT2D eigenvalue weighted by atomic mass is 35.5. The Labute approximate surface area is 68.6 Å². The van der Waals surface area contributed by atoms with Gasteiger partial charge in [-0.05, 0) is 0 Å². The highest BCUT2D eigenvalue weighted by Gasteiger charge is 2.04. The number of carbonyl (C=O) groups excluding carboxylic acids is 1. The quantitative estimate of drug-likeness (QED) is 0.669. The molecule has 0 aliphatic rings. The third-order valence-electron chi connectivity index (χ3n) is 1.05. The maximum atomic E-state index is 10.8. The lowest BCUT2D eigenvalue weighted by molar-refractivity contribution is 0.0953. The number of amides is 1. The highest BCUT2D eigenvalue weighted by Crippen LogP contribution is 2.02. The van der Waals surface area contributed by atoms with Gasteiger partial charge in [-0.15, -0.1) is 0 Å².